The Hall–Kier alpha value is -1.32. The third-order valence-electron chi connectivity index (χ3n) is 4.03. The molecule has 0 spiro atoms. The summed E-state index contributed by atoms with van der Waals surface area (Å²) in [7, 11) is 1.92. The van der Waals surface area contributed by atoms with Gasteiger partial charge in [-0.2, -0.15) is 5.10 Å². The summed E-state index contributed by atoms with van der Waals surface area (Å²) in [5.74, 6) is 0.909. The van der Waals surface area contributed by atoms with Crippen LogP contribution in [0.5, 0.6) is 0 Å². The van der Waals surface area contributed by atoms with Gasteiger partial charge in [-0.05, 0) is 26.2 Å². The molecular formula is C17H31N3O. The van der Waals surface area contributed by atoms with Crippen molar-refractivity contribution in [1.29, 1.82) is 0 Å². The van der Waals surface area contributed by atoms with Crippen molar-refractivity contribution in [2.24, 2.45) is 13.0 Å². The maximum atomic E-state index is 12.0. The molecule has 0 bridgehead atoms. The predicted octanol–water partition coefficient (Wildman–Crippen LogP) is 3.30. The highest BCUT2D eigenvalue weighted by molar-refractivity contribution is 5.79. The number of unbranched alkanes of at least 4 members (excludes halogenated alkanes) is 3. The monoisotopic (exact) mass is 293 g/mol. The zero-order valence-corrected chi connectivity index (χ0v) is 14.3. The van der Waals surface area contributed by atoms with Gasteiger partial charge in [-0.25, -0.2) is 0 Å². The highest BCUT2D eigenvalue weighted by atomic mass is 16.1. The van der Waals surface area contributed by atoms with Gasteiger partial charge < -0.3 is 5.32 Å². The van der Waals surface area contributed by atoms with Crippen LogP contribution in [0.25, 0.3) is 0 Å². The number of hydrogen-bond acceptors (Lipinski definition) is 2. The van der Waals surface area contributed by atoms with Gasteiger partial charge in [0.25, 0.3) is 0 Å². The number of aryl methyl sites for hydroxylation is 2. The molecule has 21 heavy (non-hydrogen) atoms. The topological polar surface area (TPSA) is 46.9 Å². The van der Waals surface area contributed by atoms with E-state index in [1.54, 1.807) is 0 Å². The Labute approximate surface area is 129 Å². The van der Waals surface area contributed by atoms with E-state index in [2.05, 4.69) is 24.3 Å². The van der Waals surface area contributed by atoms with Crippen LogP contribution in [0.3, 0.4) is 0 Å². The lowest BCUT2D eigenvalue weighted by Crippen LogP contribution is -2.26. The SMILES string of the molecule is Cc1nn(C)c(C)c1CC(=O)NCCCCCCC(C)C. The van der Waals surface area contributed by atoms with Crippen LogP contribution in [-0.4, -0.2) is 22.2 Å². The Morgan fingerprint density at radius 3 is 2.43 bits per heavy atom. The first-order valence-corrected chi connectivity index (χ1v) is 8.17. The summed E-state index contributed by atoms with van der Waals surface area (Å²) < 4.78 is 1.84. The predicted molar refractivity (Wildman–Crippen MR) is 87.3 cm³/mol. The average Bonchev–Trinajstić information content (AvgIpc) is 2.64. The molecule has 1 heterocycles. The van der Waals surface area contributed by atoms with Crippen molar-refractivity contribution in [1.82, 2.24) is 15.1 Å². The molecule has 0 fully saturated rings. The number of hydrogen-bond donors (Lipinski definition) is 1. The van der Waals surface area contributed by atoms with Crippen LogP contribution in [0.4, 0.5) is 0 Å². The first-order valence-electron chi connectivity index (χ1n) is 8.17. The van der Waals surface area contributed by atoms with Gasteiger partial charge in [0.15, 0.2) is 0 Å². The molecule has 0 aliphatic heterocycles. The lowest BCUT2D eigenvalue weighted by molar-refractivity contribution is -0.120. The summed E-state index contributed by atoms with van der Waals surface area (Å²) in [6.07, 6.45) is 6.62. The molecule has 0 atom stereocenters. The van der Waals surface area contributed by atoms with Gasteiger partial charge in [-0.3, -0.25) is 9.48 Å². The van der Waals surface area contributed by atoms with Crippen LogP contribution in [0, 0.1) is 19.8 Å². The molecule has 0 unspecified atom stereocenters. The van der Waals surface area contributed by atoms with Crippen LogP contribution in [0.2, 0.25) is 0 Å². The van der Waals surface area contributed by atoms with Crippen molar-refractivity contribution < 1.29 is 4.79 Å². The number of aromatic nitrogens is 2. The van der Waals surface area contributed by atoms with Gasteiger partial charge >= 0.3 is 0 Å². The average molecular weight is 293 g/mol. The standard InChI is InChI=1S/C17H31N3O/c1-13(2)10-8-6-7-9-11-18-17(21)12-16-14(3)19-20(5)15(16)4/h13H,6-12H2,1-5H3,(H,18,21). The molecule has 4 nitrogen and oxygen atoms in total. The van der Waals surface area contributed by atoms with Crippen molar-refractivity contribution >= 4 is 5.91 Å². The molecular weight excluding hydrogens is 262 g/mol. The zero-order chi connectivity index (χ0) is 15.8. The molecule has 1 aromatic heterocycles. The van der Waals surface area contributed by atoms with Crippen LogP contribution in [-0.2, 0) is 18.3 Å². The van der Waals surface area contributed by atoms with E-state index in [1.807, 2.05) is 25.6 Å². The largest absolute Gasteiger partial charge is 0.356 e. The molecule has 0 aliphatic rings. The van der Waals surface area contributed by atoms with Crippen molar-refractivity contribution in [3.05, 3.63) is 17.0 Å². The van der Waals surface area contributed by atoms with E-state index in [1.165, 1.54) is 25.7 Å². The van der Waals surface area contributed by atoms with Gasteiger partial charge in [0, 0.05) is 24.8 Å². The minimum Gasteiger partial charge on any atom is -0.356 e. The van der Waals surface area contributed by atoms with Crippen LogP contribution >= 0.6 is 0 Å². The normalized spacial score (nSPS) is 11.1. The van der Waals surface area contributed by atoms with E-state index in [0.717, 1.165) is 35.8 Å². The third-order valence-corrected chi connectivity index (χ3v) is 4.03. The van der Waals surface area contributed by atoms with Gasteiger partial charge in [0.05, 0.1) is 12.1 Å². The molecule has 0 saturated carbocycles. The lowest BCUT2D eigenvalue weighted by atomic mass is 10.0. The molecule has 1 aromatic rings. The fraction of sp³-hybridized carbons (Fsp3) is 0.765. The number of rotatable bonds is 9. The second-order valence-electron chi connectivity index (χ2n) is 6.40. The second-order valence-corrected chi connectivity index (χ2v) is 6.40. The summed E-state index contributed by atoms with van der Waals surface area (Å²) in [6.45, 7) is 9.30. The third kappa shape index (κ3) is 6.32. The summed E-state index contributed by atoms with van der Waals surface area (Å²) in [5.41, 5.74) is 3.10. The molecule has 0 radical (unpaired) electrons. The number of nitrogens with one attached hydrogen (secondary N) is 1. The first kappa shape index (κ1) is 17.7. The fourth-order valence-electron chi connectivity index (χ4n) is 2.56. The second kappa shape index (κ2) is 8.85. The highest BCUT2D eigenvalue weighted by Crippen LogP contribution is 2.12. The molecule has 1 amide bonds. The zero-order valence-electron chi connectivity index (χ0n) is 14.3. The summed E-state index contributed by atoms with van der Waals surface area (Å²) in [5, 5.41) is 7.36. The number of carbonyl (C=O) groups excluding carboxylic acids is 1. The van der Waals surface area contributed by atoms with E-state index in [0.29, 0.717) is 6.42 Å². The molecule has 0 saturated heterocycles. The van der Waals surface area contributed by atoms with Crippen molar-refractivity contribution in [3.8, 4) is 0 Å². The van der Waals surface area contributed by atoms with Crippen LogP contribution < -0.4 is 5.32 Å². The minimum absolute atomic E-state index is 0.108. The maximum absolute atomic E-state index is 12.0. The van der Waals surface area contributed by atoms with Crippen LogP contribution in [0.1, 0.15) is 62.9 Å². The molecule has 4 heteroatoms. The highest BCUT2D eigenvalue weighted by Gasteiger charge is 2.12. The Morgan fingerprint density at radius 1 is 1.19 bits per heavy atom. The Balaban J connectivity index is 2.17. The quantitative estimate of drug-likeness (QED) is 0.710. The van der Waals surface area contributed by atoms with E-state index in [9.17, 15) is 4.79 Å². The number of amides is 1. The van der Waals surface area contributed by atoms with E-state index < -0.39 is 0 Å². The van der Waals surface area contributed by atoms with Crippen molar-refractivity contribution in [2.45, 2.75) is 66.2 Å². The van der Waals surface area contributed by atoms with E-state index in [4.69, 9.17) is 0 Å². The van der Waals surface area contributed by atoms with E-state index >= 15 is 0 Å². The molecule has 0 aromatic carbocycles. The first-order chi connectivity index (χ1) is 9.91. The fourth-order valence-corrected chi connectivity index (χ4v) is 2.56. The molecule has 120 valence electrons. The van der Waals surface area contributed by atoms with Gasteiger partial charge in [-0.15, -0.1) is 0 Å². The van der Waals surface area contributed by atoms with Gasteiger partial charge in [0.2, 0.25) is 5.91 Å². The molecule has 1 rings (SSSR count). The van der Waals surface area contributed by atoms with Crippen LogP contribution in [0.15, 0.2) is 0 Å². The summed E-state index contributed by atoms with van der Waals surface area (Å²) >= 11 is 0. The molecule has 1 N–H and O–H groups in total. The number of nitrogens with zero attached hydrogens (tertiary/aromatic N) is 2. The molecule has 0 aliphatic carbocycles. The lowest BCUT2D eigenvalue weighted by Gasteiger charge is -2.07. The number of carbonyl (C=O) groups is 1. The van der Waals surface area contributed by atoms with E-state index in [-0.39, 0.29) is 5.91 Å². The Bertz CT molecular complexity index is 449. The smallest absolute Gasteiger partial charge is 0.224 e. The summed E-state index contributed by atoms with van der Waals surface area (Å²) in [4.78, 5) is 12.0. The minimum atomic E-state index is 0.108. The summed E-state index contributed by atoms with van der Waals surface area (Å²) in [6, 6.07) is 0. The van der Waals surface area contributed by atoms with Gasteiger partial charge in [0.1, 0.15) is 0 Å². The van der Waals surface area contributed by atoms with Crippen molar-refractivity contribution in [2.75, 3.05) is 6.54 Å². The Kier molecular flexibility index (Phi) is 7.48. The van der Waals surface area contributed by atoms with Crippen molar-refractivity contribution in [3.63, 3.8) is 0 Å². The maximum Gasteiger partial charge on any atom is 0.224 e. The Morgan fingerprint density at radius 2 is 1.86 bits per heavy atom. The van der Waals surface area contributed by atoms with Gasteiger partial charge in [-0.1, -0.05) is 39.5 Å².